The Morgan fingerprint density at radius 2 is 1.74 bits per heavy atom. The minimum absolute atomic E-state index is 0. The van der Waals surface area contributed by atoms with Crippen molar-refractivity contribution in [2.75, 3.05) is 13.1 Å². The molecular formula is C35H36ClFLi2N3O-3. The van der Waals surface area contributed by atoms with Gasteiger partial charge in [-0.25, -0.2) is 16.1 Å². The molecule has 3 aromatic rings. The topological polar surface area (TPSA) is 56.5 Å². The van der Waals surface area contributed by atoms with E-state index in [1.165, 1.54) is 0 Å². The van der Waals surface area contributed by atoms with E-state index in [1.807, 2.05) is 41.3 Å². The van der Waals surface area contributed by atoms with Crippen LogP contribution in [-0.2, 0) is 0 Å². The zero-order valence-corrected chi connectivity index (χ0v) is 26.2. The molecule has 7 rings (SSSR count). The summed E-state index contributed by atoms with van der Waals surface area (Å²) in [6.07, 6.45) is 7.32. The number of carbonyl (C=O) groups excluding carboxylic acids is 1. The third-order valence-corrected chi connectivity index (χ3v) is 8.44. The maximum absolute atomic E-state index is 12.9. The van der Waals surface area contributed by atoms with E-state index in [4.69, 9.17) is 17.0 Å². The van der Waals surface area contributed by atoms with Gasteiger partial charge in [0.15, 0.2) is 0 Å². The van der Waals surface area contributed by atoms with Gasteiger partial charge < -0.3 is 29.7 Å². The Kier molecular flexibility index (Phi) is 15.0. The molecule has 4 nitrogen and oxygen atoms in total. The van der Waals surface area contributed by atoms with E-state index in [-0.39, 0.29) is 57.0 Å². The summed E-state index contributed by atoms with van der Waals surface area (Å²) in [7, 11) is 0. The first kappa shape index (κ1) is 37.1. The number of hydrogen-bond donors (Lipinski definition) is 1. The van der Waals surface area contributed by atoms with Gasteiger partial charge >= 0.3 is 37.7 Å². The second kappa shape index (κ2) is 17.4. The average Bonchev–Trinajstić information content (AvgIpc) is 2.95. The smallest absolute Gasteiger partial charge is 0.481 e. The van der Waals surface area contributed by atoms with Gasteiger partial charge in [-0.2, -0.15) is 30.3 Å². The molecule has 216 valence electrons. The van der Waals surface area contributed by atoms with E-state index in [9.17, 15) is 9.18 Å². The fraction of sp³-hybridized carbons (Fsp3) is 0.343. The second-order valence-electron chi connectivity index (χ2n) is 10.9. The Hall–Kier alpha value is -2.12. The number of fused-ring (bicyclic) bond motifs is 2. The Bertz CT molecular complexity index is 1330. The quantitative estimate of drug-likeness (QED) is 0.280. The molecule has 0 aromatic heterocycles. The molecule has 8 heteroatoms. The van der Waals surface area contributed by atoms with Gasteiger partial charge in [0.1, 0.15) is 6.17 Å². The van der Waals surface area contributed by atoms with Gasteiger partial charge in [-0.1, -0.05) is 35.6 Å². The molecule has 1 heterocycles. The van der Waals surface area contributed by atoms with Crippen LogP contribution in [0.15, 0.2) is 71.7 Å². The zero-order chi connectivity index (χ0) is 28.1. The molecule has 3 aliphatic carbocycles. The monoisotopic (exact) mass is 582 g/mol. The van der Waals surface area contributed by atoms with Crippen molar-refractivity contribution in [3.8, 4) is 0 Å². The number of rotatable bonds is 5. The number of aliphatic imine (C=N–C) groups is 1. The van der Waals surface area contributed by atoms with E-state index >= 15 is 0 Å². The number of piperidine rings is 1. The number of alkyl halides is 1. The maximum atomic E-state index is 12.9. The van der Waals surface area contributed by atoms with Crippen LogP contribution in [0, 0.1) is 55.6 Å². The van der Waals surface area contributed by atoms with Crippen LogP contribution in [0.5, 0.6) is 0 Å². The van der Waals surface area contributed by atoms with Crippen molar-refractivity contribution >= 4 is 35.1 Å². The van der Waals surface area contributed by atoms with Crippen molar-refractivity contribution in [3.63, 3.8) is 0 Å². The van der Waals surface area contributed by atoms with E-state index in [2.05, 4.69) is 30.3 Å². The Balaban J connectivity index is 0.000000459. The molecule has 1 aliphatic heterocycles. The van der Waals surface area contributed by atoms with Gasteiger partial charge in [-0.3, -0.25) is 10.9 Å². The van der Waals surface area contributed by atoms with Gasteiger partial charge in [0.25, 0.3) is 0 Å². The summed E-state index contributed by atoms with van der Waals surface area (Å²) in [6, 6.07) is 26.1. The Labute approximate surface area is 285 Å². The molecule has 1 saturated heterocycles. The second-order valence-corrected chi connectivity index (χ2v) is 11.4. The molecule has 1 amide bonds. The van der Waals surface area contributed by atoms with E-state index in [0.29, 0.717) is 46.8 Å². The third-order valence-electron chi connectivity index (χ3n) is 8.20. The van der Waals surface area contributed by atoms with Gasteiger partial charge in [0.05, 0.1) is 0 Å². The standard InChI is InChI=1S/C26H21ClN3O.C8H12F.CH3.2Li/c27-23-6-4-5-22(17-23)25(28)20-9-11-21(12-10-20)26(31)30-15-13-19(14-16-30)18-29-24-7-2-1-3-8-24;1-5-2-8(9)7-3-6(5)4-7;;;/h1-7,9,11-12,17,19,28H,13-16H2;5-8H,1-4H2;1H3;;/q-3;2*-1;2*+1/t;5-,6?,7?,8+;;;/m.1.../s1. The predicted octanol–water partition coefficient (Wildman–Crippen LogP) is 2.15. The van der Waals surface area contributed by atoms with Crippen molar-refractivity contribution in [3.05, 3.63) is 115 Å². The van der Waals surface area contributed by atoms with Crippen molar-refractivity contribution in [2.24, 2.45) is 28.7 Å². The average molecular weight is 583 g/mol. The molecule has 43 heavy (non-hydrogen) atoms. The fourth-order valence-corrected chi connectivity index (χ4v) is 5.77. The number of likely N-dealkylation sites (tertiary alicyclic amines) is 1. The predicted molar refractivity (Wildman–Crippen MR) is 165 cm³/mol. The Morgan fingerprint density at radius 3 is 2.30 bits per heavy atom. The minimum atomic E-state index is -0.516. The Morgan fingerprint density at radius 1 is 1.00 bits per heavy atom. The molecule has 4 fully saturated rings. The minimum Gasteiger partial charge on any atom is -0.481 e. The first-order chi connectivity index (χ1) is 19.4. The molecule has 0 unspecified atom stereocenters. The molecular weight excluding hydrogens is 547 g/mol. The van der Waals surface area contributed by atoms with Gasteiger partial charge in [-0.15, -0.1) is 29.8 Å². The molecule has 2 atom stereocenters. The number of carbonyl (C=O) groups is 1. The molecule has 3 saturated carbocycles. The number of halogens is 2. The van der Waals surface area contributed by atoms with Gasteiger partial charge in [0.2, 0.25) is 5.91 Å². The molecule has 2 bridgehead atoms. The largest absolute Gasteiger partial charge is 1.00 e. The van der Waals surface area contributed by atoms with E-state index in [0.717, 1.165) is 49.3 Å². The number of amides is 1. The number of benzene rings is 3. The summed E-state index contributed by atoms with van der Waals surface area (Å²) in [5, 5.41) is 8.95. The summed E-state index contributed by atoms with van der Waals surface area (Å²) >= 11 is 6.02. The number of nitrogens with one attached hydrogen (secondary N) is 1. The summed E-state index contributed by atoms with van der Waals surface area (Å²) in [4.78, 5) is 19.1. The number of para-hydroxylation sites is 1. The first-order valence-electron chi connectivity index (χ1n) is 13.9. The summed E-state index contributed by atoms with van der Waals surface area (Å²) in [5.41, 5.74) is 3.03. The van der Waals surface area contributed by atoms with Crippen molar-refractivity contribution in [2.45, 2.75) is 38.3 Å². The van der Waals surface area contributed by atoms with Crippen molar-refractivity contribution in [1.82, 2.24) is 4.90 Å². The van der Waals surface area contributed by atoms with Crippen LogP contribution in [0.2, 0.25) is 5.02 Å². The fourth-order valence-electron chi connectivity index (χ4n) is 5.58. The number of hydrogen-bond acceptors (Lipinski definition) is 3. The zero-order valence-electron chi connectivity index (χ0n) is 25.5. The van der Waals surface area contributed by atoms with Gasteiger partial charge in [-0.05, 0) is 67.0 Å². The van der Waals surface area contributed by atoms with Crippen LogP contribution in [0.25, 0.3) is 0 Å². The molecule has 4 aliphatic rings. The van der Waals surface area contributed by atoms with Crippen LogP contribution < -0.4 is 37.7 Å². The van der Waals surface area contributed by atoms with Crippen LogP contribution in [0.4, 0.5) is 10.1 Å². The van der Waals surface area contributed by atoms with Crippen LogP contribution in [0.1, 0.15) is 53.6 Å². The van der Waals surface area contributed by atoms with Crippen molar-refractivity contribution < 1.29 is 46.9 Å². The van der Waals surface area contributed by atoms with E-state index < -0.39 is 6.17 Å². The van der Waals surface area contributed by atoms with Crippen LogP contribution in [0.3, 0.4) is 0 Å². The summed E-state index contributed by atoms with van der Waals surface area (Å²) in [6.45, 7) is 5.27. The molecule has 1 N–H and O–H groups in total. The van der Waals surface area contributed by atoms with E-state index in [1.54, 1.807) is 30.3 Å². The van der Waals surface area contributed by atoms with Crippen molar-refractivity contribution in [1.29, 1.82) is 5.41 Å². The third kappa shape index (κ3) is 9.68. The normalized spacial score (nSPS) is 22.4. The number of nitrogens with zero attached hydrogens (tertiary/aromatic N) is 2. The van der Waals surface area contributed by atoms with Crippen LogP contribution >= 0.6 is 11.6 Å². The summed E-state index contributed by atoms with van der Waals surface area (Å²) in [5.74, 6) is 1.86. The molecule has 0 spiro atoms. The summed E-state index contributed by atoms with van der Waals surface area (Å²) < 4.78 is 12.8. The molecule has 0 radical (unpaired) electrons. The molecule has 3 aromatic carbocycles. The maximum Gasteiger partial charge on any atom is 1.00 e. The van der Waals surface area contributed by atoms with Gasteiger partial charge in [0, 0.05) is 18.1 Å². The SMILES string of the molecule is N=C(c1[c-]cc(C(=O)N2CCC([C-]=Nc3[c-]cccc3)CC2)cc1)c1cccc(Cl)c1.[CH2-][C@@H]1C[C@H](F)C2CC1C2.[CH3-].[Li+].[Li+]. The first-order valence-corrected chi connectivity index (χ1v) is 14.3. The van der Waals surface area contributed by atoms with Crippen LogP contribution in [-0.4, -0.2) is 42.0 Å².